The van der Waals surface area contributed by atoms with Crippen LogP contribution in [0.5, 0.6) is 0 Å². The van der Waals surface area contributed by atoms with Crippen LogP contribution in [0, 0.1) is 5.92 Å². The lowest BCUT2D eigenvalue weighted by atomic mass is 10.0. The summed E-state index contributed by atoms with van der Waals surface area (Å²) < 4.78 is 5.06. The third-order valence-electron chi connectivity index (χ3n) is 3.09. The smallest absolute Gasteiger partial charge is 0.0958 e. The predicted molar refractivity (Wildman–Crippen MR) is 78.3 cm³/mol. The topological polar surface area (TPSA) is 42.4 Å². The standard InChI is InChI=1S/C15H19NO2S/c1-11(9-18-2)14(17)8-15-16-13(10-19-15)12-6-4-3-5-7-12/h3-7,10-11,14,17H,8-9H2,1-2H3. The lowest BCUT2D eigenvalue weighted by molar-refractivity contribution is 0.0574. The molecule has 1 heterocycles. The average molecular weight is 277 g/mol. The molecule has 2 aromatic rings. The highest BCUT2D eigenvalue weighted by molar-refractivity contribution is 7.09. The summed E-state index contributed by atoms with van der Waals surface area (Å²) in [6.45, 7) is 2.55. The van der Waals surface area contributed by atoms with Gasteiger partial charge in [0.2, 0.25) is 0 Å². The van der Waals surface area contributed by atoms with E-state index in [-0.39, 0.29) is 5.92 Å². The van der Waals surface area contributed by atoms with Crippen LogP contribution in [-0.4, -0.2) is 29.9 Å². The first-order valence-corrected chi connectivity index (χ1v) is 7.25. The van der Waals surface area contributed by atoms with Crippen LogP contribution in [0.15, 0.2) is 35.7 Å². The summed E-state index contributed by atoms with van der Waals surface area (Å²) >= 11 is 1.60. The highest BCUT2D eigenvalue weighted by Crippen LogP contribution is 2.23. The van der Waals surface area contributed by atoms with Crippen molar-refractivity contribution in [3.8, 4) is 11.3 Å². The van der Waals surface area contributed by atoms with Gasteiger partial charge in [-0.1, -0.05) is 37.3 Å². The summed E-state index contributed by atoms with van der Waals surface area (Å²) in [5.41, 5.74) is 2.09. The summed E-state index contributed by atoms with van der Waals surface area (Å²) in [6, 6.07) is 10.1. The van der Waals surface area contributed by atoms with Crippen LogP contribution in [0.25, 0.3) is 11.3 Å². The van der Waals surface area contributed by atoms with E-state index in [0.29, 0.717) is 13.0 Å². The molecule has 0 aliphatic heterocycles. The normalized spacial score (nSPS) is 14.3. The van der Waals surface area contributed by atoms with Crippen LogP contribution in [0.2, 0.25) is 0 Å². The zero-order valence-corrected chi connectivity index (χ0v) is 12.1. The third-order valence-corrected chi connectivity index (χ3v) is 3.96. The third kappa shape index (κ3) is 3.86. The number of ether oxygens (including phenoxy) is 1. The zero-order valence-electron chi connectivity index (χ0n) is 11.2. The number of thiazole rings is 1. The van der Waals surface area contributed by atoms with Crippen LogP contribution in [-0.2, 0) is 11.2 Å². The maximum atomic E-state index is 10.1. The van der Waals surface area contributed by atoms with Crippen molar-refractivity contribution in [3.05, 3.63) is 40.7 Å². The fraction of sp³-hybridized carbons (Fsp3) is 0.400. The molecule has 2 unspecified atom stereocenters. The maximum absolute atomic E-state index is 10.1. The van der Waals surface area contributed by atoms with E-state index in [1.807, 2.05) is 42.6 Å². The van der Waals surface area contributed by atoms with Crippen LogP contribution >= 0.6 is 11.3 Å². The van der Waals surface area contributed by atoms with Crippen molar-refractivity contribution in [2.45, 2.75) is 19.4 Å². The van der Waals surface area contributed by atoms with Crippen LogP contribution in [0.4, 0.5) is 0 Å². The molecule has 1 N–H and O–H groups in total. The van der Waals surface area contributed by atoms with Crippen LogP contribution < -0.4 is 0 Å². The largest absolute Gasteiger partial charge is 0.392 e. The van der Waals surface area contributed by atoms with Crippen LogP contribution in [0.1, 0.15) is 11.9 Å². The molecule has 0 bridgehead atoms. The molecule has 3 nitrogen and oxygen atoms in total. The van der Waals surface area contributed by atoms with Gasteiger partial charge in [-0.3, -0.25) is 0 Å². The zero-order chi connectivity index (χ0) is 13.7. The van der Waals surface area contributed by atoms with Gasteiger partial charge in [0.05, 0.1) is 23.4 Å². The molecule has 2 rings (SSSR count). The minimum Gasteiger partial charge on any atom is -0.392 e. The molecule has 2 atom stereocenters. The second-order valence-electron chi connectivity index (χ2n) is 4.70. The lowest BCUT2D eigenvalue weighted by Gasteiger charge is -2.16. The Morgan fingerprint density at radius 1 is 1.32 bits per heavy atom. The molecule has 102 valence electrons. The van der Waals surface area contributed by atoms with Gasteiger partial charge in [0.1, 0.15) is 0 Å². The SMILES string of the molecule is COCC(C)C(O)Cc1nc(-c2ccccc2)cs1. The van der Waals surface area contributed by atoms with Crippen molar-refractivity contribution in [2.75, 3.05) is 13.7 Å². The molecule has 19 heavy (non-hydrogen) atoms. The number of hydrogen-bond acceptors (Lipinski definition) is 4. The van der Waals surface area contributed by atoms with E-state index < -0.39 is 6.10 Å². The Kier molecular flexibility index (Phi) is 5.07. The first-order chi connectivity index (χ1) is 9.20. The number of aliphatic hydroxyl groups excluding tert-OH is 1. The average Bonchev–Trinajstić information content (AvgIpc) is 2.88. The highest BCUT2D eigenvalue weighted by atomic mass is 32.1. The molecule has 0 aliphatic rings. The molecular weight excluding hydrogens is 258 g/mol. The molecule has 1 aromatic heterocycles. The number of aliphatic hydroxyl groups is 1. The second-order valence-corrected chi connectivity index (χ2v) is 5.64. The summed E-state index contributed by atoms with van der Waals surface area (Å²) in [6.07, 6.45) is 0.178. The van der Waals surface area contributed by atoms with Gasteiger partial charge < -0.3 is 9.84 Å². The van der Waals surface area contributed by atoms with Gasteiger partial charge in [0, 0.05) is 30.4 Å². The van der Waals surface area contributed by atoms with Gasteiger partial charge in [-0.25, -0.2) is 4.98 Å². The molecule has 0 saturated carbocycles. The predicted octanol–water partition coefficient (Wildman–Crippen LogP) is 3.00. The van der Waals surface area contributed by atoms with E-state index in [9.17, 15) is 5.11 Å². The number of hydrogen-bond donors (Lipinski definition) is 1. The summed E-state index contributed by atoms with van der Waals surface area (Å²) in [7, 11) is 1.65. The van der Waals surface area contributed by atoms with Crippen molar-refractivity contribution in [1.29, 1.82) is 0 Å². The minimum atomic E-state index is -0.408. The molecule has 0 spiro atoms. The summed E-state index contributed by atoms with van der Waals surface area (Å²) in [4.78, 5) is 4.58. The Balaban J connectivity index is 2.02. The molecule has 0 fully saturated rings. The Bertz CT molecular complexity index is 498. The first kappa shape index (κ1) is 14.2. The van der Waals surface area contributed by atoms with E-state index in [1.165, 1.54) is 0 Å². The lowest BCUT2D eigenvalue weighted by Crippen LogP contribution is -2.24. The highest BCUT2D eigenvalue weighted by Gasteiger charge is 2.16. The summed E-state index contributed by atoms with van der Waals surface area (Å²) in [5.74, 6) is 0.120. The molecule has 4 heteroatoms. The van der Waals surface area contributed by atoms with Crippen molar-refractivity contribution >= 4 is 11.3 Å². The van der Waals surface area contributed by atoms with E-state index >= 15 is 0 Å². The minimum absolute atomic E-state index is 0.120. The Morgan fingerprint density at radius 3 is 2.74 bits per heavy atom. The first-order valence-electron chi connectivity index (χ1n) is 6.37. The van der Waals surface area contributed by atoms with Crippen molar-refractivity contribution in [2.24, 2.45) is 5.92 Å². The van der Waals surface area contributed by atoms with Gasteiger partial charge in [-0.05, 0) is 0 Å². The Labute approximate surface area is 117 Å². The number of benzene rings is 1. The van der Waals surface area contributed by atoms with E-state index in [2.05, 4.69) is 4.98 Å². The van der Waals surface area contributed by atoms with E-state index in [1.54, 1.807) is 18.4 Å². The van der Waals surface area contributed by atoms with Gasteiger partial charge in [0.25, 0.3) is 0 Å². The Hall–Kier alpha value is -1.23. The van der Waals surface area contributed by atoms with Gasteiger partial charge in [-0.2, -0.15) is 0 Å². The molecule has 0 radical (unpaired) electrons. The monoisotopic (exact) mass is 277 g/mol. The van der Waals surface area contributed by atoms with Gasteiger partial charge in [0.15, 0.2) is 0 Å². The van der Waals surface area contributed by atoms with Crippen molar-refractivity contribution in [3.63, 3.8) is 0 Å². The van der Waals surface area contributed by atoms with E-state index in [4.69, 9.17) is 4.74 Å². The second kappa shape index (κ2) is 6.80. The summed E-state index contributed by atoms with van der Waals surface area (Å²) in [5, 5.41) is 13.1. The Morgan fingerprint density at radius 2 is 2.05 bits per heavy atom. The number of nitrogens with zero attached hydrogens (tertiary/aromatic N) is 1. The van der Waals surface area contributed by atoms with Gasteiger partial charge in [-0.15, -0.1) is 11.3 Å². The molecular formula is C15H19NO2S. The number of rotatable bonds is 6. The molecule has 0 aliphatic carbocycles. The van der Waals surface area contributed by atoms with Crippen molar-refractivity contribution < 1.29 is 9.84 Å². The van der Waals surface area contributed by atoms with Crippen LogP contribution in [0.3, 0.4) is 0 Å². The molecule has 0 saturated heterocycles. The fourth-order valence-corrected chi connectivity index (χ4v) is 2.75. The van der Waals surface area contributed by atoms with E-state index in [0.717, 1.165) is 16.3 Å². The van der Waals surface area contributed by atoms with Crippen molar-refractivity contribution in [1.82, 2.24) is 4.98 Å². The number of methoxy groups -OCH3 is 1. The van der Waals surface area contributed by atoms with Gasteiger partial charge >= 0.3 is 0 Å². The fourth-order valence-electron chi connectivity index (χ4n) is 1.90. The molecule has 1 aromatic carbocycles. The number of aromatic nitrogens is 1. The molecule has 0 amide bonds. The maximum Gasteiger partial charge on any atom is 0.0958 e. The quantitative estimate of drug-likeness (QED) is 0.882.